The predicted molar refractivity (Wildman–Crippen MR) is 74.5 cm³/mol. The fraction of sp³-hybridized carbons (Fsp3) is 0.267. The summed E-state index contributed by atoms with van der Waals surface area (Å²) in [5, 5.41) is 4.22. The zero-order valence-corrected chi connectivity index (χ0v) is 10.8. The Kier molecular flexibility index (Phi) is 3.31. The zero-order chi connectivity index (χ0) is 12.4. The third-order valence-electron chi connectivity index (χ3n) is 3.12. The lowest BCUT2D eigenvalue weighted by atomic mass is 10.1. The van der Waals surface area contributed by atoms with Gasteiger partial charge in [-0.2, -0.15) is 0 Å². The highest BCUT2D eigenvalue weighted by atomic mass is 35.5. The van der Waals surface area contributed by atoms with Crippen molar-refractivity contribution in [1.29, 1.82) is 0 Å². The molecule has 0 radical (unpaired) electrons. The van der Waals surface area contributed by atoms with Gasteiger partial charge in [-0.1, -0.05) is 29.8 Å². The highest BCUT2D eigenvalue weighted by Gasteiger charge is 2.19. The van der Waals surface area contributed by atoms with Crippen LogP contribution in [0.25, 0.3) is 11.3 Å². The number of hydrogen-bond donors (Lipinski definition) is 1. The van der Waals surface area contributed by atoms with Crippen LogP contribution in [0, 0.1) is 0 Å². The second kappa shape index (κ2) is 5.09. The monoisotopic (exact) mass is 258 g/mol. The predicted octanol–water partition coefficient (Wildman–Crippen LogP) is 3.65. The van der Waals surface area contributed by atoms with Gasteiger partial charge in [-0.15, -0.1) is 0 Å². The number of nitrogens with one attached hydrogen (secondary N) is 1. The number of nitrogens with zero attached hydrogens (tertiary/aromatic N) is 1. The van der Waals surface area contributed by atoms with Crippen molar-refractivity contribution in [3.05, 3.63) is 53.2 Å². The Bertz CT molecular complexity index is 532. The molecule has 18 heavy (non-hydrogen) atoms. The fourth-order valence-electron chi connectivity index (χ4n) is 1.90. The summed E-state index contributed by atoms with van der Waals surface area (Å²) in [4.78, 5) is 4.49. The topological polar surface area (TPSA) is 24.9 Å². The molecule has 1 aliphatic rings. The SMILES string of the molecule is Clc1cccc(-c2ccc(CNC3CC3)cn2)c1. The summed E-state index contributed by atoms with van der Waals surface area (Å²) in [6.45, 7) is 0.910. The summed E-state index contributed by atoms with van der Waals surface area (Å²) in [6.07, 6.45) is 4.56. The summed E-state index contributed by atoms with van der Waals surface area (Å²) in [5.74, 6) is 0. The maximum atomic E-state index is 5.98. The lowest BCUT2D eigenvalue weighted by Gasteiger charge is -2.05. The van der Waals surface area contributed by atoms with E-state index in [9.17, 15) is 0 Å². The molecular weight excluding hydrogens is 244 g/mol. The van der Waals surface area contributed by atoms with E-state index < -0.39 is 0 Å². The minimum absolute atomic E-state index is 0.734. The van der Waals surface area contributed by atoms with Crippen LogP contribution >= 0.6 is 11.6 Å². The van der Waals surface area contributed by atoms with Crippen molar-refractivity contribution in [3.8, 4) is 11.3 Å². The zero-order valence-electron chi connectivity index (χ0n) is 10.1. The molecule has 2 nitrogen and oxygen atoms in total. The van der Waals surface area contributed by atoms with Gasteiger partial charge in [0.2, 0.25) is 0 Å². The van der Waals surface area contributed by atoms with E-state index in [1.54, 1.807) is 0 Å². The van der Waals surface area contributed by atoms with Crippen LogP contribution in [0.3, 0.4) is 0 Å². The van der Waals surface area contributed by atoms with Crippen LogP contribution in [0.4, 0.5) is 0 Å². The van der Waals surface area contributed by atoms with Crippen LogP contribution < -0.4 is 5.32 Å². The molecule has 0 bridgehead atoms. The maximum absolute atomic E-state index is 5.98. The highest BCUT2D eigenvalue weighted by molar-refractivity contribution is 6.30. The normalized spacial score (nSPS) is 14.7. The van der Waals surface area contributed by atoms with E-state index in [4.69, 9.17) is 11.6 Å². The number of aromatic nitrogens is 1. The van der Waals surface area contributed by atoms with Crippen LogP contribution in [0.1, 0.15) is 18.4 Å². The van der Waals surface area contributed by atoms with Crippen molar-refractivity contribution in [1.82, 2.24) is 10.3 Å². The van der Waals surface area contributed by atoms with Gasteiger partial charge in [-0.25, -0.2) is 0 Å². The molecule has 1 N–H and O–H groups in total. The Hall–Kier alpha value is -1.38. The molecule has 1 aromatic heterocycles. The quantitative estimate of drug-likeness (QED) is 0.905. The molecule has 0 amide bonds. The van der Waals surface area contributed by atoms with E-state index in [0.717, 1.165) is 28.9 Å². The van der Waals surface area contributed by atoms with Gasteiger partial charge in [0.25, 0.3) is 0 Å². The summed E-state index contributed by atoms with van der Waals surface area (Å²) < 4.78 is 0. The van der Waals surface area contributed by atoms with Gasteiger partial charge in [0.15, 0.2) is 0 Å². The van der Waals surface area contributed by atoms with Crippen LogP contribution in [-0.2, 0) is 6.54 Å². The molecule has 1 aromatic carbocycles. The summed E-state index contributed by atoms with van der Waals surface area (Å²) in [7, 11) is 0. The third kappa shape index (κ3) is 2.89. The smallest absolute Gasteiger partial charge is 0.0702 e. The average molecular weight is 259 g/mol. The van der Waals surface area contributed by atoms with E-state index >= 15 is 0 Å². The van der Waals surface area contributed by atoms with Gasteiger partial charge in [0, 0.05) is 29.4 Å². The van der Waals surface area contributed by atoms with E-state index in [1.165, 1.54) is 18.4 Å². The summed E-state index contributed by atoms with van der Waals surface area (Å²) in [5.41, 5.74) is 3.25. The van der Waals surface area contributed by atoms with Crippen molar-refractivity contribution in [3.63, 3.8) is 0 Å². The first-order valence-electron chi connectivity index (χ1n) is 6.25. The molecule has 92 valence electrons. The fourth-order valence-corrected chi connectivity index (χ4v) is 2.09. The van der Waals surface area contributed by atoms with Crippen LogP contribution in [-0.4, -0.2) is 11.0 Å². The average Bonchev–Trinajstić information content (AvgIpc) is 3.21. The molecule has 0 saturated heterocycles. The van der Waals surface area contributed by atoms with Crippen LogP contribution in [0.2, 0.25) is 5.02 Å². The van der Waals surface area contributed by atoms with Gasteiger partial charge in [0.1, 0.15) is 0 Å². The Morgan fingerprint density at radius 3 is 2.78 bits per heavy atom. The second-order valence-corrected chi connectivity index (χ2v) is 5.15. The molecule has 0 aliphatic heterocycles. The second-order valence-electron chi connectivity index (χ2n) is 4.72. The first kappa shape index (κ1) is 11.7. The molecule has 3 heteroatoms. The first-order chi connectivity index (χ1) is 8.81. The number of pyridine rings is 1. The van der Waals surface area contributed by atoms with Gasteiger partial charge in [0.05, 0.1) is 5.69 Å². The van der Waals surface area contributed by atoms with E-state index in [2.05, 4.69) is 22.4 Å². The maximum Gasteiger partial charge on any atom is 0.0702 e. The van der Waals surface area contributed by atoms with Gasteiger partial charge >= 0.3 is 0 Å². The molecule has 0 atom stereocenters. The Morgan fingerprint density at radius 1 is 1.22 bits per heavy atom. The van der Waals surface area contributed by atoms with Crippen molar-refractivity contribution >= 4 is 11.6 Å². The van der Waals surface area contributed by atoms with Crippen molar-refractivity contribution < 1.29 is 0 Å². The Morgan fingerprint density at radius 2 is 2.11 bits per heavy atom. The number of halogens is 1. The summed E-state index contributed by atoms with van der Waals surface area (Å²) >= 11 is 5.98. The van der Waals surface area contributed by atoms with Crippen molar-refractivity contribution in [2.24, 2.45) is 0 Å². The molecule has 1 aliphatic carbocycles. The number of hydrogen-bond acceptors (Lipinski definition) is 2. The minimum atomic E-state index is 0.734. The molecule has 0 spiro atoms. The van der Waals surface area contributed by atoms with Gasteiger partial charge in [-0.3, -0.25) is 4.98 Å². The molecule has 3 rings (SSSR count). The molecule has 0 unspecified atom stereocenters. The van der Waals surface area contributed by atoms with Gasteiger partial charge in [-0.05, 0) is 36.6 Å². The molecule has 1 saturated carbocycles. The number of benzene rings is 1. The van der Waals surface area contributed by atoms with Crippen molar-refractivity contribution in [2.45, 2.75) is 25.4 Å². The lowest BCUT2D eigenvalue weighted by Crippen LogP contribution is -2.15. The van der Waals surface area contributed by atoms with E-state index in [-0.39, 0.29) is 0 Å². The summed E-state index contributed by atoms with van der Waals surface area (Å²) in [6, 6.07) is 12.7. The van der Waals surface area contributed by atoms with E-state index in [1.807, 2.05) is 30.5 Å². The molecular formula is C15H15ClN2. The van der Waals surface area contributed by atoms with Crippen molar-refractivity contribution in [2.75, 3.05) is 0 Å². The highest BCUT2D eigenvalue weighted by Crippen LogP contribution is 2.22. The molecule has 1 fully saturated rings. The minimum Gasteiger partial charge on any atom is -0.310 e. The third-order valence-corrected chi connectivity index (χ3v) is 3.35. The Labute approximate surface area is 112 Å². The Balaban J connectivity index is 1.73. The van der Waals surface area contributed by atoms with Crippen LogP contribution in [0.15, 0.2) is 42.6 Å². The lowest BCUT2D eigenvalue weighted by molar-refractivity contribution is 0.686. The van der Waals surface area contributed by atoms with Gasteiger partial charge < -0.3 is 5.32 Å². The standard InChI is InChI=1S/C15H15ClN2/c16-13-3-1-2-12(8-13)15-7-4-11(10-18-15)9-17-14-5-6-14/h1-4,7-8,10,14,17H,5-6,9H2. The largest absolute Gasteiger partial charge is 0.310 e. The molecule has 2 aromatic rings. The van der Waals surface area contributed by atoms with Crippen LogP contribution in [0.5, 0.6) is 0 Å². The van der Waals surface area contributed by atoms with E-state index in [0.29, 0.717) is 0 Å². The number of rotatable bonds is 4. The molecule has 1 heterocycles. The first-order valence-corrected chi connectivity index (χ1v) is 6.63.